The van der Waals surface area contributed by atoms with Crippen LogP contribution >= 0.6 is 0 Å². The third-order valence-corrected chi connectivity index (χ3v) is 5.72. The summed E-state index contributed by atoms with van der Waals surface area (Å²) in [7, 11) is 7.26. The van der Waals surface area contributed by atoms with Gasteiger partial charge in [0.25, 0.3) is 5.91 Å². The quantitative estimate of drug-likeness (QED) is 0.320. The van der Waals surface area contributed by atoms with Crippen LogP contribution in [0.5, 0.6) is 17.2 Å². The molecule has 0 spiro atoms. The lowest BCUT2D eigenvalue weighted by atomic mass is 9.99. The van der Waals surface area contributed by atoms with Crippen molar-refractivity contribution in [2.45, 2.75) is 6.42 Å². The van der Waals surface area contributed by atoms with Gasteiger partial charge in [-0.25, -0.2) is 0 Å². The Bertz CT molecular complexity index is 1200. The number of rotatable bonds is 10. The molecule has 0 fully saturated rings. The normalized spacial score (nSPS) is 13.8. The average Bonchev–Trinajstić information content (AvgIpc) is 3.19. The average molecular weight is 474 g/mol. The summed E-state index contributed by atoms with van der Waals surface area (Å²) >= 11 is 0. The Morgan fingerprint density at radius 1 is 0.943 bits per heavy atom. The smallest absolute Gasteiger partial charge is 0.258 e. The monoisotopic (exact) mass is 473 g/mol. The molecule has 0 aromatic heterocycles. The number of carbonyl (C=O) groups is 1. The fourth-order valence-corrected chi connectivity index (χ4v) is 3.98. The van der Waals surface area contributed by atoms with E-state index in [2.05, 4.69) is 29.6 Å². The van der Waals surface area contributed by atoms with Gasteiger partial charge in [0.1, 0.15) is 5.75 Å². The molecule has 3 aromatic rings. The van der Waals surface area contributed by atoms with Crippen molar-refractivity contribution in [3.8, 4) is 17.2 Å². The lowest BCUT2D eigenvalue weighted by molar-refractivity contribution is -0.110. The molecule has 0 unspecified atom stereocenters. The minimum atomic E-state index is -0.192. The molecule has 0 aliphatic carbocycles. The Hall–Kier alpha value is -3.97. The van der Waals surface area contributed by atoms with Crippen LogP contribution in [0.3, 0.4) is 0 Å². The van der Waals surface area contributed by atoms with E-state index in [0.29, 0.717) is 35.1 Å². The van der Waals surface area contributed by atoms with Gasteiger partial charge in [0.05, 0.1) is 37.8 Å². The first-order valence-corrected chi connectivity index (χ1v) is 11.5. The van der Waals surface area contributed by atoms with Crippen molar-refractivity contribution in [1.82, 2.24) is 4.90 Å². The summed E-state index contributed by atoms with van der Waals surface area (Å²) in [6, 6.07) is 21.2. The number of ether oxygens (including phenoxy) is 3. The Kier molecular flexibility index (Phi) is 7.57. The fourth-order valence-electron chi connectivity index (χ4n) is 3.98. The number of methoxy groups -OCH3 is 2. The van der Waals surface area contributed by atoms with Gasteiger partial charge in [-0.2, -0.15) is 0 Å². The molecule has 0 atom stereocenters. The summed E-state index contributed by atoms with van der Waals surface area (Å²) < 4.78 is 16.8. The van der Waals surface area contributed by atoms with Crippen LogP contribution in [0.25, 0.3) is 11.3 Å². The molecule has 0 bridgehead atoms. The maximum atomic E-state index is 13.2. The highest BCUT2D eigenvalue weighted by molar-refractivity contribution is 6.37. The molecule has 0 saturated heterocycles. The van der Waals surface area contributed by atoms with Crippen LogP contribution in [0.15, 0.2) is 66.7 Å². The molecule has 2 N–H and O–H groups in total. The van der Waals surface area contributed by atoms with E-state index >= 15 is 0 Å². The summed E-state index contributed by atoms with van der Waals surface area (Å²) in [5.41, 5.74) is 4.41. The molecule has 7 nitrogen and oxygen atoms in total. The maximum absolute atomic E-state index is 13.2. The van der Waals surface area contributed by atoms with Crippen LogP contribution in [-0.2, 0) is 4.79 Å². The van der Waals surface area contributed by atoms with Crippen molar-refractivity contribution in [1.29, 1.82) is 0 Å². The lowest BCUT2D eigenvalue weighted by Crippen LogP contribution is -2.15. The van der Waals surface area contributed by atoms with Gasteiger partial charge in [-0.15, -0.1) is 0 Å². The van der Waals surface area contributed by atoms with Crippen LogP contribution in [-0.4, -0.2) is 52.3 Å². The van der Waals surface area contributed by atoms with E-state index in [0.717, 1.165) is 35.5 Å². The molecule has 35 heavy (non-hydrogen) atoms. The Balaban J connectivity index is 1.67. The molecule has 3 aromatic carbocycles. The standard InChI is InChI=1S/C28H31N3O4/c1-31(2)15-8-16-35-21-13-11-20(12-14-21)29-27(19-9-6-5-7-10-19)26-22-17-24(33-3)25(34-4)18-23(22)30-28(26)32/h5-7,9-14,17-18,29H,8,15-16H2,1-4H3,(H,30,32)/b27-26-. The maximum Gasteiger partial charge on any atom is 0.258 e. The molecule has 182 valence electrons. The molecule has 1 aliphatic heterocycles. The highest BCUT2D eigenvalue weighted by atomic mass is 16.5. The van der Waals surface area contributed by atoms with Crippen molar-refractivity contribution >= 4 is 28.6 Å². The first-order valence-electron chi connectivity index (χ1n) is 11.5. The molecule has 1 amide bonds. The fraction of sp³-hybridized carbons (Fsp3) is 0.250. The van der Waals surface area contributed by atoms with Crippen molar-refractivity contribution in [3.63, 3.8) is 0 Å². The number of anilines is 2. The number of hydrogen-bond donors (Lipinski definition) is 2. The van der Waals surface area contributed by atoms with E-state index < -0.39 is 0 Å². The second-order valence-electron chi connectivity index (χ2n) is 8.48. The predicted octanol–water partition coefficient (Wildman–Crippen LogP) is 4.97. The number of amides is 1. The van der Waals surface area contributed by atoms with E-state index in [1.807, 2.05) is 60.7 Å². The van der Waals surface area contributed by atoms with E-state index in [1.54, 1.807) is 20.3 Å². The van der Waals surface area contributed by atoms with E-state index in [4.69, 9.17) is 14.2 Å². The SMILES string of the molecule is COc1cc2c(cc1OC)/C(=C(/Nc1ccc(OCCCN(C)C)cc1)c1ccccc1)C(=O)N2. The zero-order valence-electron chi connectivity index (χ0n) is 20.6. The summed E-state index contributed by atoms with van der Waals surface area (Å²) in [6.07, 6.45) is 0.958. The van der Waals surface area contributed by atoms with Crippen LogP contribution in [0.4, 0.5) is 11.4 Å². The van der Waals surface area contributed by atoms with Gasteiger partial charge in [0.15, 0.2) is 11.5 Å². The lowest BCUT2D eigenvalue weighted by Gasteiger charge is -2.16. The zero-order valence-corrected chi connectivity index (χ0v) is 20.6. The predicted molar refractivity (Wildman–Crippen MR) is 140 cm³/mol. The summed E-state index contributed by atoms with van der Waals surface area (Å²) in [4.78, 5) is 15.3. The summed E-state index contributed by atoms with van der Waals surface area (Å²) in [6.45, 7) is 1.64. The molecular formula is C28H31N3O4. The van der Waals surface area contributed by atoms with Gasteiger partial charge >= 0.3 is 0 Å². The first-order chi connectivity index (χ1) is 17.0. The van der Waals surface area contributed by atoms with E-state index in [9.17, 15) is 4.79 Å². The molecule has 1 heterocycles. The number of hydrogen-bond acceptors (Lipinski definition) is 6. The van der Waals surface area contributed by atoms with Crippen LogP contribution in [0, 0.1) is 0 Å². The van der Waals surface area contributed by atoms with Gasteiger partial charge in [-0.1, -0.05) is 30.3 Å². The van der Waals surface area contributed by atoms with Crippen LogP contribution in [0.1, 0.15) is 17.5 Å². The number of carbonyl (C=O) groups excluding carboxylic acids is 1. The van der Waals surface area contributed by atoms with Crippen LogP contribution in [0.2, 0.25) is 0 Å². The van der Waals surface area contributed by atoms with E-state index in [1.165, 1.54) is 0 Å². The Labute approximate surface area is 206 Å². The molecule has 4 rings (SSSR count). The molecular weight excluding hydrogens is 442 g/mol. The molecule has 1 aliphatic rings. The number of nitrogens with zero attached hydrogens (tertiary/aromatic N) is 1. The highest BCUT2D eigenvalue weighted by Gasteiger charge is 2.30. The minimum Gasteiger partial charge on any atom is -0.494 e. The third-order valence-electron chi connectivity index (χ3n) is 5.72. The molecule has 0 radical (unpaired) electrons. The Morgan fingerprint density at radius 2 is 1.63 bits per heavy atom. The number of nitrogens with one attached hydrogen (secondary N) is 2. The third kappa shape index (κ3) is 5.58. The number of benzene rings is 3. The second kappa shape index (κ2) is 11.0. The second-order valence-corrected chi connectivity index (χ2v) is 8.48. The van der Waals surface area contributed by atoms with Gasteiger partial charge in [-0.3, -0.25) is 4.79 Å². The summed E-state index contributed by atoms with van der Waals surface area (Å²) in [5, 5.41) is 6.43. The van der Waals surface area contributed by atoms with Gasteiger partial charge in [0, 0.05) is 23.9 Å². The van der Waals surface area contributed by atoms with Crippen molar-refractivity contribution in [2.75, 3.05) is 52.1 Å². The zero-order chi connectivity index (χ0) is 24.8. The topological polar surface area (TPSA) is 72.1 Å². The largest absolute Gasteiger partial charge is 0.494 e. The van der Waals surface area contributed by atoms with Gasteiger partial charge in [-0.05, 0) is 56.4 Å². The van der Waals surface area contributed by atoms with Gasteiger partial charge < -0.3 is 29.7 Å². The summed E-state index contributed by atoms with van der Waals surface area (Å²) in [5.74, 6) is 1.73. The van der Waals surface area contributed by atoms with Crippen molar-refractivity contribution in [2.24, 2.45) is 0 Å². The highest BCUT2D eigenvalue weighted by Crippen LogP contribution is 2.43. The Morgan fingerprint density at radius 3 is 2.29 bits per heavy atom. The first kappa shape index (κ1) is 24.2. The number of fused-ring (bicyclic) bond motifs is 1. The minimum absolute atomic E-state index is 0.192. The van der Waals surface area contributed by atoms with Crippen molar-refractivity contribution in [3.05, 3.63) is 77.9 Å². The molecule has 0 saturated carbocycles. The molecule has 7 heteroatoms. The van der Waals surface area contributed by atoms with E-state index in [-0.39, 0.29) is 5.91 Å². The van der Waals surface area contributed by atoms with Crippen molar-refractivity contribution < 1.29 is 19.0 Å². The van der Waals surface area contributed by atoms with Crippen LogP contribution < -0.4 is 24.8 Å². The van der Waals surface area contributed by atoms with Gasteiger partial charge in [0.2, 0.25) is 0 Å².